The minimum Gasteiger partial charge on any atom is -0.478 e. The van der Waals surface area contributed by atoms with Gasteiger partial charge < -0.3 is 14.6 Å². The Kier molecular flexibility index (Phi) is 4.14. The van der Waals surface area contributed by atoms with Gasteiger partial charge in [0.05, 0.1) is 32.1 Å². The van der Waals surface area contributed by atoms with Crippen LogP contribution in [0, 0.1) is 0 Å². The van der Waals surface area contributed by atoms with Crippen molar-refractivity contribution in [3.63, 3.8) is 0 Å². The second-order valence-corrected chi connectivity index (χ2v) is 5.54. The number of H-pyrrole nitrogens is 1. The van der Waals surface area contributed by atoms with Gasteiger partial charge in [-0.25, -0.2) is 17.9 Å². The lowest BCUT2D eigenvalue weighted by molar-refractivity contribution is -0.0847. The van der Waals surface area contributed by atoms with Crippen LogP contribution in [-0.4, -0.2) is 62.2 Å². The van der Waals surface area contributed by atoms with E-state index in [1.807, 2.05) is 0 Å². The molecule has 1 aliphatic heterocycles. The van der Waals surface area contributed by atoms with Gasteiger partial charge in [-0.3, -0.25) is 5.10 Å². The highest BCUT2D eigenvalue weighted by Gasteiger charge is 2.26. The zero-order valence-electron chi connectivity index (χ0n) is 9.83. The molecule has 0 radical (unpaired) electrons. The molecule has 0 aromatic carbocycles. The number of carboxylic acid groups (broad SMARTS) is 1. The van der Waals surface area contributed by atoms with Crippen molar-refractivity contribution >= 4 is 16.0 Å². The molecule has 0 bridgehead atoms. The van der Waals surface area contributed by atoms with Crippen LogP contribution in [0.25, 0.3) is 0 Å². The van der Waals surface area contributed by atoms with E-state index in [2.05, 4.69) is 14.9 Å². The van der Waals surface area contributed by atoms with Crippen molar-refractivity contribution < 1.29 is 27.8 Å². The van der Waals surface area contributed by atoms with Crippen molar-refractivity contribution in [3.8, 4) is 0 Å². The van der Waals surface area contributed by atoms with E-state index in [0.717, 1.165) is 6.20 Å². The first-order valence-electron chi connectivity index (χ1n) is 5.46. The molecule has 1 atom stereocenters. The Morgan fingerprint density at radius 2 is 2.37 bits per heavy atom. The van der Waals surface area contributed by atoms with Crippen LogP contribution in [-0.2, 0) is 19.5 Å². The second-order valence-electron chi connectivity index (χ2n) is 3.84. The Labute approximate surface area is 109 Å². The van der Waals surface area contributed by atoms with Gasteiger partial charge in [-0.1, -0.05) is 0 Å². The molecular weight excluding hydrogens is 278 g/mol. The van der Waals surface area contributed by atoms with Crippen LogP contribution in [0.2, 0.25) is 0 Å². The summed E-state index contributed by atoms with van der Waals surface area (Å²) in [5, 5.41) is 13.9. The van der Waals surface area contributed by atoms with Crippen molar-refractivity contribution in [3.05, 3.63) is 11.8 Å². The minimum absolute atomic E-state index is 0.000409. The highest BCUT2D eigenvalue weighted by molar-refractivity contribution is 7.89. The van der Waals surface area contributed by atoms with Crippen LogP contribution in [0.3, 0.4) is 0 Å². The van der Waals surface area contributed by atoms with Crippen molar-refractivity contribution in [1.29, 1.82) is 0 Å². The van der Waals surface area contributed by atoms with Crippen molar-refractivity contribution in [2.45, 2.75) is 11.1 Å². The molecule has 10 heteroatoms. The summed E-state index contributed by atoms with van der Waals surface area (Å²) >= 11 is 0. The Hall–Kier alpha value is -1.49. The number of sulfonamides is 1. The summed E-state index contributed by atoms with van der Waals surface area (Å²) < 4.78 is 36.5. The Morgan fingerprint density at radius 1 is 1.58 bits per heavy atom. The number of aromatic nitrogens is 2. The zero-order valence-corrected chi connectivity index (χ0v) is 10.6. The first-order valence-corrected chi connectivity index (χ1v) is 6.94. The van der Waals surface area contributed by atoms with E-state index >= 15 is 0 Å². The van der Waals surface area contributed by atoms with Crippen molar-refractivity contribution in [1.82, 2.24) is 14.9 Å². The predicted molar refractivity (Wildman–Crippen MR) is 61.3 cm³/mol. The number of carboxylic acids is 1. The fourth-order valence-electron chi connectivity index (χ4n) is 1.56. The third-order valence-electron chi connectivity index (χ3n) is 2.49. The topological polar surface area (TPSA) is 131 Å². The number of carbonyl (C=O) groups is 1. The van der Waals surface area contributed by atoms with Gasteiger partial charge in [0.1, 0.15) is 5.56 Å². The Balaban J connectivity index is 2.05. The van der Waals surface area contributed by atoms with Crippen LogP contribution in [0.5, 0.6) is 0 Å². The summed E-state index contributed by atoms with van der Waals surface area (Å²) in [4.78, 5) is 10.8. The molecule has 9 nitrogen and oxygen atoms in total. The van der Waals surface area contributed by atoms with Gasteiger partial charge in [-0.15, -0.1) is 0 Å². The van der Waals surface area contributed by atoms with Crippen molar-refractivity contribution in [2.75, 3.05) is 26.4 Å². The standard InChI is InChI=1S/C9H13N3O6S/c13-9(14)7-4-10-12-8(7)19(15,16)11-3-6-5-17-1-2-18-6/h4,6,11H,1-3,5H2,(H,10,12)(H,13,14). The molecule has 1 aromatic rings. The molecule has 19 heavy (non-hydrogen) atoms. The molecule has 0 spiro atoms. The smallest absolute Gasteiger partial charge is 0.340 e. The molecule has 1 unspecified atom stereocenters. The Morgan fingerprint density at radius 3 is 3.00 bits per heavy atom. The molecule has 2 rings (SSSR count). The molecule has 1 aliphatic rings. The number of hydrogen-bond acceptors (Lipinski definition) is 6. The summed E-state index contributed by atoms with van der Waals surface area (Å²) in [7, 11) is -3.98. The summed E-state index contributed by atoms with van der Waals surface area (Å²) in [6, 6.07) is 0. The summed E-state index contributed by atoms with van der Waals surface area (Å²) in [6.07, 6.45) is 0.552. The van der Waals surface area contributed by atoms with E-state index in [9.17, 15) is 13.2 Å². The second kappa shape index (κ2) is 5.65. The Bertz CT molecular complexity index is 548. The lowest BCUT2D eigenvalue weighted by atomic mass is 10.3. The van der Waals surface area contributed by atoms with E-state index in [-0.39, 0.29) is 19.3 Å². The number of nitrogens with one attached hydrogen (secondary N) is 2. The van der Waals surface area contributed by atoms with Crippen LogP contribution >= 0.6 is 0 Å². The average molecular weight is 291 g/mol. The third-order valence-corrected chi connectivity index (χ3v) is 3.88. The maximum atomic E-state index is 11.9. The molecule has 0 saturated carbocycles. The zero-order chi connectivity index (χ0) is 13.9. The maximum absolute atomic E-state index is 11.9. The van der Waals surface area contributed by atoms with E-state index in [0.29, 0.717) is 13.2 Å². The minimum atomic E-state index is -3.98. The fraction of sp³-hybridized carbons (Fsp3) is 0.556. The van der Waals surface area contributed by atoms with Gasteiger partial charge in [-0.05, 0) is 0 Å². The first kappa shape index (κ1) is 13.9. The maximum Gasteiger partial charge on any atom is 0.340 e. The molecule has 0 aliphatic carbocycles. The fourth-order valence-corrected chi connectivity index (χ4v) is 2.71. The SMILES string of the molecule is O=C(O)c1cn[nH]c1S(=O)(=O)NCC1COCCO1. The van der Waals surface area contributed by atoms with Gasteiger partial charge in [-0.2, -0.15) is 5.10 Å². The predicted octanol–water partition coefficient (Wildman–Crippen LogP) is -1.20. The third kappa shape index (κ3) is 3.29. The van der Waals surface area contributed by atoms with Gasteiger partial charge in [0.15, 0.2) is 5.03 Å². The molecule has 1 saturated heterocycles. The van der Waals surface area contributed by atoms with Crippen molar-refractivity contribution in [2.24, 2.45) is 0 Å². The molecule has 1 aromatic heterocycles. The molecule has 106 valence electrons. The quantitative estimate of drug-likeness (QED) is 0.621. The van der Waals surface area contributed by atoms with E-state index in [1.54, 1.807) is 0 Å². The summed E-state index contributed by atoms with van der Waals surface area (Å²) in [5.41, 5.74) is -0.409. The van der Waals surface area contributed by atoms with Gasteiger partial charge in [0, 0.05) is 6.54 Å². The highest BCUT2D eigenvalue weighted by Crippen LogP contribution is 2.11. The van der Waals surface area contributed by atoms with Crippen LogP contribution in [0.4, 0.5) is 0 Å². The largest absolute Gasteiger partial charge is 0.478 e. The van der Waals surface area contributed by atoms with Gasteiger partial charge in [0.2, 0.25) is 0 Å². The number of ether oxygens (including phenoxy) is 2. The normalized spacial score (nSPS) is 20.3. The van der Waals surface area contributed by atoms with E-state index in [4.69, 9.17) is 14.6 Å². The molecule has 1 fully saturated rings. The lowest BCUT2D eigenvalue weighted by Gasteiger charge is -2.22. The number of nitrogens with zero attached hydrogens (tertiary/aromatic N) is 1. The van der Waals surface area contributed by atoms with E-state index in [1.165, 1.54) is 0 Å². The number of aromatic amines is 1. The first-order chi connectivity index (χ1) is 9.00. The van der Waals surface area contributed by atoms with Crippen LogP contribution < -0.4 is 4.72 Å². The molecule has 0 amide bonds. The van der Waals surface area contributed by atoms with Gasteiger partial charge in [0.25, 0.3) is 10.0 Å². The summed E-state index contributed by atoms with van der Waals surface area (Å²) in [6.45, 7) is 1.17. The summed E-state index contributed by atoms with van der Waals surface area (Å²) in [5.74, 6) is -1.37. The van der Waals surface area contributed by atoms with Gasteiger partial charge >= 0.3 is 5.97 Å². The van der Waals surface area contributed by atoms with Crippen LogP contribution in [0.1, 0.15) is 10.4 Å². The highest BCUT2D eigenvalue weighted by atomic mass is 32.2. The van der Waals surface area contributed by atoms with Crippen LogP contribution in [0.15, 0.2) is 11.2 Å². The molecular formula is C9H13N3O6S. The molecule has 2 heterocycles. The lowest BCUT2D eigenvalue weighted by Crippen LogP contribution is -2.40. The average Bonchev–Trinajstić information content (AvgIpc) is 2.88. The molecule has 3 N–H and O–H groups in total. The number of rotatable bonds is 5. The van der Waals surface area contributed by atoms with E-state index < -0.39 is 26.6 Å². The number of hydrogen-bond donors (Lipinski definition) is 3. The monoisotopic (exact) mass is 291 g/mol. The number of aromatic carboxylic acids is 1.